The molecule has 0 spiro atoms. The van der Waals surface area contributed by atoms with Crippen LogP contribution in [0, 0.1) is 0 Å². The first-order valence-electron chi connectivity index (χ1n) is 20.0. The molecule has 8 aromatic rings. The lowest BCUT2D eigenvalue weighted by Gasteiger charge is -2.26. The van der Waals surface area contributed by atoms with Crippen molar-refractivity contribution in [2.24, 2.45) is 0 Å². The Morgan fingerprint density at radius 1 is 0.386 bits per heavy atom. The summed E-state index contributed by atoms with van der Waals surface area (Å²) < 4.78 is 117. The minimum absolute atomic E-state index is 0.0429. The molecule has 0 unspecified atom stereocenters. The van der Waals surface area contributed by atoms with Gasteiger partial charge in [0.05, 0.1) is 16.4 Å². The summed E-state index contributed by atoms with van der Waals surface area (Å²) in [5, 5.41) is 1.24. The van der Waals surface area contributed by atoms with Gasteiger partial charge in [0.1, 0.15) is 11.2 Å². The van der Waals surface area contributed by atoms with Gasteiger partial charge in [-0.1, -0.05) is 127 Å². The van der Waals surface area contributed by atoms with E-state index in [2.05, 4.69) is 0 Å². The van der Waals surface area contributed by atoms with E-state index >= 15 is 0 Å². The van der Waals surface area contributed by atoms with Crippen molar-refractivity contribution in [3.8, 4) is 33.4 Å². The van der Waals surface area contributed by atoms with Gasteiger partial charge in [-0.2, -0.15) is 0 Å². The smallest absolute Gasteiger partial charge is 0.136 e. The van der Waals surface area contributed by atoms with Crippen LogP contribution >= 0.6 is 0 Å². The van der Waals surface area contributed by atoms with Crippen molar-refractivity contribution in [1.82, 2.24) is 0 Å². The summed E-state index contributed by atoms with van der Waals surface area (Å²) >= 11 is 0. The largest absolute Gasteiger partial charge is 0.456 e. The van der Waals surface area contributed by atoms with Gasteiger partial charge in [0, 0.05) is 27.8 Å². The average Bonchev–Trinajstić information content (AvgIpc) is 3.59. The monoisotopic (exact) mass is 575 g/mol. The lowest BCUT2D eigenvalue weighted by Crippen LogP contribution is -2.09. The first-order chi connectivity index (χ1) is 26.8. The number of fused-ring (bicyclic) bond motifs is 3. The Bertz CT molecular complexity index is 2700. The number of nitrogens with zero attached hydrogens (tertiary/aromatic N) is 1. The second kappa shape index (κ2) is 11.1. The van der Waals surface area contributed by atoms with E-state index in [1.165, 1.54) is 0 Å². The quantitative estimate of drug-likeness (QED) is 0.196. The molecule has 1 heterocycles. The summed E-state index contributed by atoms with van der Waals surface area (Å²) in [6, 6.07) is 21.9. The Labute approximate surface area is 273 Å². The number of hydrogen-bond donors (Lipinski definition) is 0. The summed E-state index contributed by atoms with van der Waals surface area (Å²) in [6.45, 7) is 0. The topological polar surface area (TPSA) is 16.4 Å². The molecule has 8 rings (SSSR count). The zero-order chi connectivity index (χ0) is 39.7. The number of anilines is 3. The summed E-state index contributed by atoms with van der Waals surface area (Å²) in [4.78, 5) is 0.823. The standard InChI is InChI=1S/C42H29NO/c1-3-10-30(11-4-1)32-18-24-35(25-19-32)43(36-26-20-33(21-27-36)31-12-5-2-6-13-31)37-28-22-34(23-29-37)38-15-9-17-41-42(38)39-14-7-8-16-40(39)44-41/h1-29H/i18D,19D,20D,21D,22D,23D,24D,25D,26D,27D,28D,29D. The molecule has 208 valence electrons. The van der Waals surface area contributed by atoms with Crippen molar-refractivity contribution in [2.75, 3.05) is 4.90 Å². The van der Waals surface area contributed by atoms with E-state index in [0.29, 0.717) is 38.6 Å². The van der Waals surface area contributed by atoms with Crippen molar-refractivity contribution in [1.29, 1.82) is 0 Å². The van der Waals surface area contributed by atoms with E-state index in [0.717, 1.165) is 4.90 Å². The highest BCUT2D eigenvalue weighted by Crippen LogP contribution is 2.40. The number of hydrogen-bond acceptors (Lipinski definition) is 2. The van der Waals surface area contributed by atoms with Crippen LogP contribution in [0.15, 0.2) is 180 Å². The van der Waals surface area contributed by atoms with Gasteiger partial charge in [-0.15, -0.1) is 0 Å². The van der Waals surface area contributed by atoms with E-state index in [1.807, 2.05) is 12.1 Å². The van der Waals surface area contributed by atoms with Gasteiger partial charge < -0.3 is 9.32 Å². The molecule has 0 bridgehead atoms. The molecule has 0 saturated heterocycles. The third-order valence-corrected chi connectivity index (χ3v) is 7.30. The predicted octanol–water partition coefficient (Wildman–Crippen LogP) is 12.1. The van der Waals surface area contributed by atoms with Crippen molar-refractivity contribution in [3.05, 3.63) is 176 Å². The molecule has 0 amide bonds. The average molecular weight is 576 g/mol. The van der Waals surface area contributed by atoms with E-state index in [1.54, 1.807) is 91.0 Å². The zero-order valence-corrected chi connectivity index (χ0v) is 23.2. The van der Waals surface area contributed by atoms with Crippen LogP contribution in [0.1, 0.15) is 16.4 Å². The van der Waals surface area contributed by atoms with Crippen molar-refractivity contribution >= 4 is 39.0 Å². The van der Waals surface area contributed by atoms with E-state index in [-0.39, 0.29) is 16.7 Å². The van der Waals surface area contributed by atoms with E-state index < -0.39 is 89.6 Å². The van der Waals surface area contributed by atoms with Crippen LogP contribution in [0.3, 0.4) is 0 Å². The fourth-order valence-electron chi connectivity index (χ4n) is 5.20. The Kier molecular flexibility index (Phi) is 4.06. The highest BCUT2D eigenvalue weighted by atomic mass is 16.3. The summed E-state index contributed by atoms with van der Waals surface area (Å²) in [6.07, 6.45) is 0. The first-order valence-corrected chi connectivity index (χ1v) is 14.0. The number of para-hydroxylation sites is 1. The SMILES string of the molecule is [2H]c1c([2H])c(N(c2c([2H])c([2H])c(-c3ccccc3)c([2H])c2[2H])c2c([2H])c([2H])c(-c3cccc4oc5ccccc5c34)c([2H])c2[2H])c([2H])c([2H])c1-c1ccccc1. The van der Waals surface area contributed by atoms with Crippen LogP contribution in [-0.4, -0.2) is 0 Å². The molecule has 0 saturated carbocycles. The van der Waals surface area contributed by atoms with Crippen LogP contribution < -0.4 is 4.90 Å². The van der Waals surface area contributed by atoms with Gasteiger partial charge in [-0.25, -0.2) is 0 Å². The molecule has 0 fully saturated rings. The van der Waals surface area contributed by atoms with E-state index in [4.69, 9.17) is 9.90 Å². The predicted molar refractivity (Wildman–Crippen MR) is 185 cm³/mol. The van der Waals surface area contributed by atoms with Crippen molar-refractivity contribution in [2.45, 2.75) is 0 Å². The fourth-order valence-corrected chi connectivity index (χ4v) is 5.20. The molecule has 0 atom stereocenters. The van der Waals surface area contributed by atoms with Gasteiger partial charge >= 0.3 is 0 Å². The fraction of sp³-hybridized carbons (Fsp3) is 0. The summed E-state index contributed by atoms with van der Waals surface area (Å²) in [5.74, 6) is 0. The minimum Gasteiger partial charge on any atom is -0.456 e. The molecule has 0 aliphatic carbocycles. The summed E-state index contributed by atoms with van der Waals surface area (Å²) in [7, 11) is 0. The maximum Gasteiger partial charge on any atom is 0.136 e. The second-order valence-electron chi connectivity index (χ2n) is 10.0. The maximum absolute atomic E-state index is 9.45. The van der Waals surface area contributed by atoms with Crippen LogP contribution in [0.4, 0.5) is 17.1 Å². The van der Waals surface area contributed by atoms with Gasteiger partial charge in [0.25, 0.3) is 0 Å². The first kappa shape index (κ1) is 16.1. The molecule has 0 N–H and O–H groups in total. The highest BCUT2D eigenvalue weighted by molar-refractivity contribution is 6.12. The Morgan fingerprint density at radius 3 is 1.39 bits per heavy atom. The Balaban J connectivity index is 1.48. The van der Waals surface area contributed by atoms with Gasteiger partial charge in [-0.3, -0.25) is 0 Å². The van der Waals surface area contributed by atoms with Crippen LogP contribution in [-0.2, 0) is 0 Å². The molecule has 44 heavy (non-hydrogen) atoms. The normalized spacial score (nSPS) is 15.0. The lowest BCUT2D eigenvalue weighted by molar-refractivity contribution is 0.669. The molecular formula is C42H29NO. The minimum atomic E-state index is -0.682. The third-order valence-electron chi connectivity index (χ3n) is 7.30. The third kappa shape index (κ3) is 4.73. The molecule has 1 aromatic heterocycles. The van der Waals surface area contributed by atoms with Gasteiger partial charge in [0.15, 0.2) is 0 Å². The number of benzene rings is 7. The highest BCUT2D eigenvalue weighted by Gasteiger charge is 2.16. The molecule has 0 aliphatic heterocycles. The van der Waals surface area contributed by atoms with E-state index in [9.17, 15) is 11.0 Å². The molecule has 0 radical (unpaired) electrons. The van der Waals surface area contributed by atoms with Crippen LogP contribution in [0.25, 0.3) is 55.3 Å². The van der Waals surface area contributed by atoms with Gasteiger partial charge in [-0.05, 0) is 81.8 Å². The Hall–Kier alpha value is -5.86. The van der Waals surface area contributed by atoms with Gasteiger partial charge in [0.2, 0.25) is 0 Å². The maximum atomic E-state index is 9.45. The van der Waals surface area contributed by atoms with Crippen molar-refractivity contribution < 1.29 is 20.9 Å². The molecule has 2 heteroatoms. The molecule has 0 aliphatic rings. The van der Waals surface area contributed by atoms with Crippen LogP contribution in [0.2, 0.25) is 0 Å². The zero-order valence-electron chi connectivity index (χ0n) is 35.2. The number of rotatable bonds is 6. The molecule has 7 aromatic carbocycles. The van der Waals surface area contributed by atoms with Crippen LogP contribution in [0.5, 0.6) is 0 Å². The molecule has 2 nitrogen and oxygen atoms in total. The van der Waals surface area contributed by atoms with Crippen molar-refractivity contribution in [3.63, 3.8) is 0 Å². The molecular weight excluding hydrogens is 534 g/mol. The summed E-state index contributed by atoms with van der Waals surface area (Å²) in [5.41, 5.74) is 0.199. The second-order valence-corrected chi connectivity index (χ2v) is 10.0. The number of furan rings is 1. The Morgan fingerprint density at radius 2 is 0.841 bits per heavy atom. The lowest BCUT2D eigenvalue weighted by atomic mass is 9.99.